The second-order valence-electron chi connectivity index (χ2n) is 4.61. The third-order valence-corrected chi connectivity index (χ3v) is 4.02. The summed E-state index contributed by atoms with van der Waals surface area (Å²) in [5.74, 6) is 0. The van der Waals surface area contributed by atoms with Crippen molar-refractivity contribution in [3.63, 3.8) is 0 Å². The number of H-pyrrole nitrogens is 1. The van der Waals surface area contributed by atoms with Crippen LogP contribution in [0.4, 0.5) is 0 Å². The minimum Gasteiger partial charge on any atom is -0.396 e. The zero-order valence-electron chi connectivity index (χ0n) is 8.12. The molecule has 0 bridgehead atoms. The molecule has 1 aromatic heterocycles. The van der Waals surface area contributed by atoms with Gasteiger partial charge in [-0.1, -0.05) is 0 Å². The molecule has 2 fully saturated rings. The standard InChI is InChI=1S/C11H15NO2/c13-6-10(2-3-10)11(7-14-8-11)9-1-4-12-5-9/h1,4-5,12-13H,2-3,6-8H2. The number of aromatic amines is 1. The highest BCUT2D eigenvalue weighted by Gasteiger charge is 2.63. The number of rotatable bonds is 3. The first-order chi connectivity index (χ1) is 6.83. The summed E-state index contributed by atoms with van der Waals surface area (Å²) in [5.41, 5.74) is 1.52. The molecule has 1 aliphatic carbocycles. The average Bonchev–Trinajstić information content (AvgIpc) is 2.72. The molecule has 3 heteroatoms. The second-order valence-corrected chi connectivity index (χ2v) is 4.61. The zero-order chi connectivity index (χ0) is 9.65. The monoisotopic (exact) mass is 193 g/mol. The molecule has 0 atom stereocenters. The van der Waals surface area contributed by atoms with Gasteiger partial charge in [0.1, 0.15) is 0 Å². The van der Waals surface area contributed by atoms with Crippen molar-refractivity contribution in [2.75, 3.05) is 19.8 Å². The smallest absolute Gasteiger partial charge is 0.0592 e. The van der Waals surface area contributed by atoms with Crippen LogP contribution in [0.25, 0.3) is 0 Å². The predicted octanol–water partition coefficient (Wildman–Crippen LogP) is 1.06. The summed E-state index contributed by atoms with van der Waals surface area (Å²) in [6, 6.07) is 2.11. The van der Waals surface area contributed by atoms with E-state index in [2.05, 4.69) is 11.1 Å². The van der Waals surface area contributed by atoms with Gasteiger partial charge in [-0.15, -0.1) is 0 Å². The third-order valence-electron chi connectivity index (χ3n) is 4.02. The van der Waals surface area contributed by atoms with E-state index >= 15 is 0 Å². The van der Waals surface area contributed by atoms with Crippen LogP contribution >= 0.6 is 0 Å². The van der Waals surface area contributed by atoms with Gasteiger partial charge < -0.3 is 14.8 Å². The van der Waals surface area contributed by atoms with Gasteiger partial charge in [0.25, 0.3) is 0 Å². The lowest BCUT2D eigenvalue weighted by molar-refractivity contribution is -0.110. The highest BCUT2D eigenvalue weighted by molar-refractivity contribution is 5.33. The Bertz CT molecular complexity index is 323. The lowest BCUT2D eigenvalue weighted by Gasteiger charge is -2.47. The molecule has 76 valence electrons. The largest absolute Gasteiger partial charge is 0.396 e. The fraction of sp³-hybridized carbons (Fsp3) is 0.636. The lowest BCUT2D eigenvalue weighted by atomic mass is 9.67. The number of aliphatic hydroxyl groups is 1. The summed E-state index contributed by atoms with van der Waals surface area (Å²) in [7, 11) is 0. The first-order valence-electron chi connectivity index (χ1n) is 5.15. The van der Waals surface area contributed by atoms with Crippen LogP contribution in [-0.2, 0) is 10.2 Å². The summed E-state index contributed by atoms with van der Waals surface area (Å²) in [6.07, 6.45) is 6.26. The molecule has 1 aromatic rings. The van der Waals surface area contributed by atoms with Crippen LogP contribution in [0.2, 0.25) is 0 Å². The maximum atomic E-state index is 9.49. The molecule has 1 aliphatic heterocycles. The molecule has 0 aromatic carbocycles. The van der Waals surface area contributed by atoms with Gasteiger partial charge in [-0.3, -0.25) is 0 Å². The van der Waals surface area contributed by atoms with Crippen molar-refractivity contribution in [3.05, 3.63) is 24.0 Å². The van der Waals surface area contributed by atoms with Gasteiger partial charge in [0, 0.05) is 24.4 Å². The summed E-state index contributed by atoms with van der Waals surface area (Å²) >= 11 is 0. The molecular formula is C11H15NO2. The Kier molecular flexibility index (Phi) is 1.59. The highest BCUT2D eigenvalue weighted by Crippen LogP contribution is 2.62. The van der Waals surface area contributed by atoms with Crippen molar-refractivity contribution < 1.29 is 9.84 Å². The summed E-state index contributed by atoms with van der Waals surface area (Å²) in [4.78, 5) is 3.09. The first kappa shape index (κ1) is 8.50. The maximum absolute atomic E-state index is 9.49. The van der Waals surface area contributed by atoms with Crippen molar-refractivity contribution >= 4 is 0 Å². The molecule has 1 saturated carbocycles. The van der Waals surface area contributed by atoms with Gasteiger partial charge in [-0.05, 0) is 24.5 Å². The van der Waals surface area contributed by atoms with E-state index < -0.39 is 0 Å². The summed E-state index contributed by atoms with van der Waals surface area (Å²) in [5, 5.41) is 9.49. The van der Waals surface area contributed by atoms with E-state index in [-0.39, 0.29) is 10.8 Å². The first-order valence-corrected chi connectivity index (χ1v) is 5.15. The molecule has 2 N–H and O–H groups in total. The Hall–Kier alpha value is -0.800. The molecule has 0 unspecified atom stereocenters. The fourth-order valence-electron chi connectivity index (χ4n) is 2.65. The average molecular weight is 193 g/mol. The molecule has 0 amide bonds. The number of aromatic nitrogens is 1. The van der Waals surface area contributed by atoms with Crippen molar-refractivity contribution in [2.24, 2.45) is 5.41 Å². The molecule has 1 saturated heterocycles. The second kappa shape index (κ2) is 2.61. The maximum Gasteiger partial charge on any atom is 0.0592 e. The highest BCUT2D eigenvalue weighted by atomic mass is 16.5. The van der Waals surface area contributed by atoms with Gasteiger partial charge in [0.05, 0.1) is 18.6 Å². The van der Waals surface area contributed by atoms with E-state index in [1.54, 1.807) is 0 Å². The van der Waals surface area contributed by atoms with Gasteiger partial charge in [0.15, 0.2) is 0 Å². The molecule has 0 radical (unpaired) electrons. The number of aliphatic hydroxyl groups excluding tert-OH is 1. The van der Waals surface area contributed by atoms with Gasteiger partial charge in [-0.2, -0.15) is 0 Å². The molecule has 14 heavy (non-hydrogen) atoms. The molecule has 2 heterocycles. The molecule has 3 rings (SSSR count). The Morgan fingerprint density at radius 2 is 2.21 bits per heavy atom. The Balaban J connectivity index is 1.99. The minimum absolute atomic E-state index is 0.0990. The van der Waals surface area contributed by atoms with Crippen LogP contribution in [0.3, 0.4) is 0 Å². The number of hydrogen-bond donors (Lipinski definition) is 2. The van der Waals surface area contributed by atoms with E-state index in [0.717, 1.165) is 26.1 Å². The van der Waals surface area contributed by atoms with Crippen LogP contribution in [0, 0.1) is 5.41 Å². The van der Waals surface area contributed by atoms with Crippen molar-refractivity contribution in [1.82, 2.24) is 4.98 Å². The van der Waals surface area contributed by atoms with E-state index in [1.165, 1.54) is 5.56 Å². The number of hydrogen-bond acceptors (Lipinski definition) is 2. The van der Waals surface area contributed by atoms with Crippen molar-refractivity contribution in [3.8, 4) is 0 Å². The molecule has 3 nitrogen and oxygen atoms in total. The van der Waals surface area contributed by atoms with E-state index in [1.807, 2.05) is 12.4 Å². The third kappa shape index (κ3) is 0.842. The van der Waals surface area contributed by atoms with Gasteiger partial charge >= 0.3 is 0 Å². The zero-order valence-corrected chi connectivity index (χ0v) is 8.12. The predicted molar refractivity (Wildman–Crippen MR) is 52.0 cm³/mol. The molecule has 0 spiro atoms. The van der Waals surface area contributed by atoms with Gasteiger partial charge in [-0.25, -0.2) is 0 Å². The van der Waals surface area contributed by atoms with Crippen LogP contribution in [0.1, 0.15) is 18.4 Å². The lowest BCUT2D eigenvalue weighted by Crippen LogP contribution is -2.54. The van der Waals surface area contributed by atoms with Crippen molar-refractivity contribution in [2.45, 2.75) is 18.3 Å². The Morgan fingerprint density at radius 3 is 2.57 bits per heavy atom. The molecule has 2 aliphatic rings. The van der Waals surface area contributed by atoms with Crippen LogP contribution < -0.4 is 0 Å². The van der Waals surface area contributed by atoms with E-state index in [9.17, 15) is 5.11 Å². The quantitative estimate of drug-likeness (QED) is 0.753. The topological polar surface area (TPSA) is 45.2 Å². The number of ether oxygens (including phenoxy) is 1. The van der Waals surface area contributed by atoms with Crippen LogP contribution in [0.5, 0.6) is 0 Å². The minimum atomic E-state index is 0.0990. The SMILES string of the molecule is OCC1(C2(c3cc[nH]c3)COC2)CC1. The summed E-state index contributed by atoms with van der Waals surface area (Å²) in [6.45, 7) is 1.83. The fourth-order valence-corrected chi connectivity index (χ4v) is 2.65. The van der Waals surface area contributed by atoms with E-state index in [4.69, 9.17) is 4.74 Å². The Morgan fingerprint density at radius 1 is 1.43 bits per heavy atom. The van der Waals surface area contributed by atoms with Crippen molar-refractivity contribution in [1.29, 1.82) is 0 Å². The normalized spacial score (nSPS) is 26.9. The Labute approximate surface area is 83.1 Å². The van der Waals surface area contributed by atoms with Gasteiger partial charge in [0.2, 0.25) is 0 Å². The summed E-state index contributed by atoms with van der Waals surface area (Å²) < 4.78 is 5.37. The van der Waals surface area contributed by atoms with Crippen LogP contribution in [0.15, 0.2) is 18.5 Å². The molecular weight excluding hydrogens is 178 g/mol. The van der Waals surface area contributed by atoms with E-state index in [0.29, 0.717) is 6.61 Å². The van der Waals surface area contributed by atoms with Crippen LogP contribution in [-0.4, -0.2) is 29.9 Å². The number of nitrogens with one attached hydrogen (secondary N) is 1.